The number of aromatic hydroxyl groups is 1. The van der Waals surface area contributed by atoms with Gasteiger partial charge in [0.2, 0.25) is 0 Å². The van der Waals surface area contributed by atoms with Crippen molar-refractivity contribution in [2.24, 2.45) is 10.7 Å². The molecule has 0 bridgehead atoms. The summed E-state index contributed by atoms with van der Waals surface area (Å²) in [7, 11) is 1.68. The van der Waals surface area contributed by atoms with Crippen molar-refractivity contribution in [2.75, 3.05) is 7.05 Å². The molecule has 0 unspecified atom stereocenters. The Morgan fingerprint density at radius 3 is 1.63 bits per heavy atom. The van der Waals surface area contributed by atoms with Gasteiger partial charge in [-0.1, -0.05) is 41.5 Å². The van der Waals surface area contributed by atoms with E-state index in [0.29, 0.717) is 11.6 Å². The molecular weight excluding hydrogens is 236 g/mol. The van der Waals surface area contributed by atoms with Crippen LogP contribution in [-0.2, 0) is 10.8 Å². The number of phenols is 1. The standard InChI is InChI=1S/C16H26N2O/c1-15(2,3)11-8-10(14(17)18-7)9-12(13(11)19)16(4,5)6/h8-9,19H,1-7H3,(H2,17,18). The monoisotopic (exact) mass is 262 g/mol. The average molecular weight is 262 g/mol. The van der Waals surface area contributed by atoms with Crippen LogP contribution in [-0.4, -0.2) is 18.0 Å². The minimum atomic E-state index is -0.145. The first-order chi connectivity index (χ1) is 8.48. The third kappa shape index (κ3) is 3.28. The van der Waals surface area contributed by atoms with Gasteiger partial charge >= 0.3 is 0 Å². The van der Waals surface area contributed by atoms with Gasteiger partial charge in [0.1, 0.15) is 11.6 Å². The van der Waals surface area contributed by atoms with Gasteiger partial charge in [-0.2, -0.15) is 0 Å². The van der Waals surface area contributed by atoms with Gasteiger partial charge in [0.25, 0.3) is 0 Å². The van der Waals surface area contributed by atoms with Crippen LogP contribution in [0.15, 0.2) is 17.1 Å². The topological polar surface area (TPSA) is 58.6 Å². The SMILES string of the molecule is CN=C(N)c1cc(C(C)(C)C)c(O)c(C(C)(C)C)c1. The molecule has 0 fully saturated rings. The van der Waals surface area contributed by atoms with Gasteiger partial charge in [-0.15, -0.1) is 0 Å². The van der Waals surface area contributed by atoms with Crippen molar-refractivity contribution < 1.29 is 5.11 Å². The van der Waals surface area contributed by atoms with Crippen LogP contribution in [0.4, 0.5) is 0 Å². The largest absolute Gasteiger partial charge is 0.507 e. The van der Waals surface area contributed by atoms with Gasteiger partial charge in [-0.25, -0.2) is 0 Å². The Bertz CT molecular complexity index is 467. The predicted octanol–water partition coefficient (Wildman–Crippen LogP) is 3.32. The highest BCUT2D eigenvalue weighted by atomic mass is 16.3. The molecule has 0 aliphatic carbocycles. The molecule has 0 radical (unpaired) electrons. The minimum absolute atomic E-state index is 0.145. The van der Waals surface area contributed by atoms with Gasteiger partial charge in [0.15, 0.2) is 0 Å². The molecule has 0 heterocycles. The van der Waals surface area contributed by atoms with E-state index in [4.69, 9.17) is 5.73 Å². The summed E-state index contributed by atoms with van der Waals surface area (Å²) in [5.74, 6) is 0.864. The highest BCUT2D eigenvalue weighted by Crippen LogP contribution is 2.39. The Hall–Kier alpha value is -1.51. The quantitative estimate of drug-likeness (QED) is 0.602. The lowest BCUT2D eigenvalue weighted by molar-refractivity contribution is 0.423. The Labute approximate surface area is 116 Å². The van der Waals surface area contributed by atoms with Crippen molar-refractivity contribution >= 4 is 5.84 Å². The number of aliphatic imine (C=N–C) groups is 1. The van der Waals surface area contributed by atoms with Crippen LogP contribution < -0.4 is 5.73 Å². The molecule has 1 aromatic carbocycles. The van der Waals surface area contributed by atoms with E-state index in [1.54, 1.807) is 7.05 Å². The molecule has 3 heteroatoms. The molecule has 1 rings (SSSR count). The van der Waals surface area contributed by atoms with Crippen LogP contribution in [0.2, 0.25) is 0 Å². The maximum absolute atomic E-state index is 10.6. The lowest BCUT2D eigenvalue weighted by atomic mass is 9.78. The number of phenolic OH excluding ortho intramolecular Hbond substituents is 1. The Morgan fingerprint density at radius 2 is 1.37 bits per heavy atom. The number of nitrogens with zero attached hydrogens (tertiary/aromatic N) is 1. The molecule has 106 valence electrons. The van der Waals surface area contributed by atoms with Crippen molar-refractivity contribution in [3.63, 3.8) is 0 Å². The second-order valence-corrected chi connectivity index (χ2v) is 7.03. The number of benzene rings is 1. The van der Waals surface area contributed by atoms with Gasteiger partial charge in [0, 0.05) is 23.7 Å². The molecule has 3 N–H and O–H groups in total. The number of hydrogen-bond donors (Lipinski definition) is 2. The summed E-state index contributed by atoms with van der Waals surface area (Å²) in [5.41, 5.74) is 8.33. The molecule has 0 atom stereocenters. The summed E-state index contributed by atoms with van der Waals surface area (Å²) in [6, 6.07) is 3.87. The summed E-state index contributed by atoms with van der Waals surface area (Å²) < 4.78 is 0. The normalized spacial score (nSPS) is 13.7. The molecule has 1 aromatic rings. The van der Waals surface area contributed by atoms with Crippen LogP contribution in [0.3, 0.4) is 0 Å². The molecular formula is C16H26N2O. The number of nitrogens with two attached hydrogens (primary N) is 1. The zero-order chi connectivity index (χ0) is 15.0. The van der Waals surface area contributed by atoms with E-state index >= 15 is 0 Å². The molecule has 0 aliphatic rings. The first-order valence-electron chi connectivity index (χ1n) is 6.59. The number of hydrogen-bond acceptors (Lipinski definition) is 2. The van der Waals surface area contributed by atoms with Gasteiger partial charge in [-0.05, 0) is 23.0 Å². The van der Waals surface area contributed by atoms with Crippen molar-refractivity contribution in [3.8, 4) is 5.75 Å². The van der Waals surface area contributed by atoms with Crippen LogP contribution in [0.25, 0.3) is 0 Å². The smallest absolute Gasteiger partial charge is 0.125 e. The zero-order valence-electron chi connectivity index (χ0n) is 13.1. The van der Waals surface area contributed by atoms with Crippen molar-refractivity contribution in [3.05, 3.63) is 28.8 Å². The summed E-state index contributed by atoms with van der Waals surface area (Å²) in [5, 5.41) is 10.6. The molecule has 0 saturated carbocycles. The zero-order valence-corrected chi connectivity index (χ0v) is 13.1. The predicted molar refractivity (Wildman–Crippen MR) is 82.2 cm³/mol. The van der Waals surface area contributed by atoms with Gasteiger partial charge in [-0.3, -0.25) is 4.99 Å². The highest BCUT2D eigenvalue weighted by Gasteiger charge is 2.26. The fourth-order valence-corrected chi connectivity index (χ4v) is 2.05. The van der Waals surface area contributed by atoms with E-state index in [9.17, 15) is 5.11 Å². The second-order valence-electron chi connectivity index (χ2n) is 7.03. The first-order valence-corrected chi connectivity index (χ1v) is 6.59. The molecule has 19 heavy (non-hydrogen) atoms. The molecule has 0 saturated heterocycles. The maximum Gasteiger partial charge on any atom is 0.125 e. The van der Waals surface area contributed by atoms with E-state index in [2.05, 4.69) is 46.5 Å². The second kappa shape index (κ2) is 4.87. The fourth-order valence-electron chi connectivity index (χ4n) is 2.05. The van der Waals surface area contributed by atoms with E-state index in [0.717, 1.165) is 16.7 Å². The molecule has 0 aromatic heterocycles. The molecule has 0 spiro atoms. The Morgan fingerprint density at radius 1 is 1.00 bits per heavy atom. The summed E-state index contributed by atoms with van der Waals surface area (Å²) in [4.78, 5) is 4.05. The Kier molecular flexibility index (Phi) is 3.99. The summed E-state index contributed by atoms with van der Waals surface area (Å²) in [6.45, 7) is 12.5. The average Bonchev–Trinajstić information content (AvgIpc) is 2.25. The highest BCUT2D eigenvalue weighted by molar-refractivity contribution is 5.98. The first kappa shape index (κ1) is 15.5. The van der Waals surface area contributed by atoms with Gasteiger partial charge < -0.3 is 10.8 Å². The minimum Gasteiger partial charge on any atom is -0.507 e. The number of amidine groups is 1. The summed E-state index contributed by atoms with van der Waals surface area (Å²) >= 11 is 0. The van der Waals surface area contributed by atoms with Crippen molar-refractivity contribution in [1.29, 1.82) is 0 Å². The third-order valence-electron chi connectivity index (χ3n) is 3.26. The van der Waals surface area contributed by atoms with Crippen molar-refractivity contribution in [1.82, 2.24) is 0 Å². The van der Waals surface area contributed by atoms with Crippen LogP contribution >= 0.6 is 0 Å². The maximum atomic E-state index is 10.6. The van der Waals surface area contributed by atoms with Crippen molar-refractivity contribution in [2.45, 2.75) is 52.4 Å². The molecule has 0 amide bonds. The number of rotatable bonds is 1. The molecule has 0 aliphatic heterocycles. The third-order valence-corrected chi connectivity index (χ3v) is 3.26. The fraction of sp³-hybridized carbons (Fsp3) is 0.562. The van der Waals surface area contributed by atoms with E-state index in [1.165, 1.54) is 0 Å². The van der Waals surface area contributed by atoms with Crippen LogP contribution in [0, 0.1) is 0 Å². The summed E-state index contributed by atoms with van der Waals surface area (Å²) in [6.07, 6.45) is 0. The van der Waals surface area contributed by atoms with E-state index in [1.807, 2.05) is 12.1 Å². The van der Waals surface area contributed by atoms with Crippen LogP contribution in [0.5, 0.6) is 5.75 Å². The van der Waals surface area contributed by atoms with Gasteiger partial charge in [0.05, 0.1) is 0 Å². The molecule has 3 nitrogen and oxygen atoms in total. The lowest BCUT2D eigenvalue weighted by Gasteiger charge is -2.28. The lowest BCUT2D eigenvalue weighted by Crippen LogP contribution is -2.21. The Balaban J connectivity index is 3.67. The van der Waals surface area contributed by atoms with E-state index < -0.39 is 0 Å². The van der Waals surface area contributed by atoms with Crippen LogP contribution in [0.1, 0.15) is 58.2 Å². The van der Waals surface area contributed by atoms with E-state index in [-0.39, 0.29) is 10.8 Å².